The van der Waals surface area contributed by atoms with Gasteiger partial charge in [-0.05, 0) is 13.8 Å². The van der Waals surface area contributed by atoms with Gasteiger partial charge in [-0.25, -0.2) is 5.32 Å². The molecule has 1 heterocycles. The molecule has 0 radical (unpaired) electrons. The van der Waals surface area contributed by atoms with E-state index in [-0.39, 0.29) is 9.28 Å². The van der Waals surface area contributed by atoms with Crippen LogP contribution >= 0.6 is 31.9 Å². The van der Waals surface area contributed by atoms with Crippen molar-refractivity contribution in [2.45, 2.75) is 42.6 Å². The topological polar surface area (TPSA) is 38.1 Å². The van der Waals surface area contributed by atoms with Crippen molar-refractivity contribution >= 4 is 37.6 Å². The maximum atomic E-state index is 11.8. The van der Waals surface area contributed by atoms with Crippen LogP contribution in [0.25, 0.3) is 0 Å². The van der Waals surface area contributed by atoms with E-state index in [2.05, 4.69) is 37.2 Å². The van der Waals surface area contributed by atoms with Crippen molar-refractivity contribution in [1.82, 2.24) is 5.32 Å². The van der Waals surface area contributed by atoms with Crippen LogP contribution in [-0.2, 0) is 0 Å². The third-order valence-corrected chi connectivity index (χ3v) is 3.06. The van der Waals surface area contributed by atoms with Gasteiger partial charge in [0.05, 0.1) is 0 Å². The highest BCUT2D eigenvalue weighted by Gasteiger charge is 2.50. The summed E-state index contributed by atoms with van der Waals surface area (Å²) in [6.07, 6.45) is 0. The second-order valence-corrected chi connectivity index (χ2v) is 7.35. The molecule has 0 saturated heterocycles. The Morgan fingerprint density at radius 2 is 1.77 bits per heavy atom. The van der Waals surface area contributed by atoms with Gasteiger partial charge in [0.15, 0.2) is 3.74 Å². The maximum absolute atomic E-state index is 11.8. The van der Waals surface area contributed by atoms with Crippen molar-refractivity contribution in [2.24, 2.45) is 0 Å². The Morgan fingerprint density at radius 1 is 1.31 bits per heavy atom. The zero-order valence-electron chi connectivity index (χ0n) is 8.19. The van der Waals surface area contributed by atoms with Crippen molar-refractivity contribution in [1.29, 1.82) is 0 Å². The van der Waals surface area contributed by atoms with E-state index in [1.54, 1.807) is 0 Å². The van der Waals surface area contributed by atoms with Gasteiger partial charge in [0.1, 0.15) is 5.54 Å². The number of hydroxylamine groups is 1. The number of alkyl halides is 2. The van der Waals surface area contributed by atoms with Crippen LogP contribution in [0.1, 0.15) is 27.7 Å². The van der Waals surface area contributed by atoms with Gasteiger partial charge in [-0.2, -0.15) is 4.74 Å². The first-order chi connectivity index (χ1) is 5.68. The second kappa shape index (κ2) is 3.21. The molecule has 0 aromatic heterocycles. The minimum absolute atomic E-state index is 0.0817. The molecule has 0 aromatic carbocycles. The number of hydrogen-bond acceptors (Lipinski definition) is 2. The van der Waals surface area contributed by atoms with Gasteiger partial charge in [0, 0.05) is 13.8 Å². The molecule has 0 spiro atoms. The average molecular weight is 314 g/mol. The summed E-state index contributed by atoms with van der Waals surface area (Å²) in [7, 11) is 0. The molecule has 0 saturated carbocycles. The zero-order chi connectivity index (χ0) is 10.4. The molecule has 1 aliphatic heterocycles. The highest BCUT2D eigenvalue weighted by Crippen LogP contribution is 2.28. The maximum Gasteiger partial charge on any atom is 0.222 e. The van der Waals surface area contributed by atoms with E-state index in [9.17, 15) is 5.21 Å². The fourth-order valence-electron chi connectivity index (χ4n) is 1.80. The molecule has 0 bridgehead atoms. The molecular formula is C8H14Br2N2O. The molecule has 1 rings (SSSR count). The van der Waals surface area contributed by atoms with Crippen molar-refractivity contribution in [3.63, 3.8) is 0 Å². The van der Waals surface area contributed by atoms with E-state index >= 15 is 0 Å². The first kappa shape index (κ1) is 11.5. The molecular weight excluding hydrogens is 300 g/mol. The second-order valence-electron chi connectivity index (χ2n) is 4.29. The van der Waals surface area contributed by atoms with Crippen molar-refractivity contribution in [2.75, 3.05) is 0 Å². The normalized spacial score (nSPS) is 25.8. The minimum Gasteiger partial charge on any atom is -0.622 e. The molecule has 13 heavy (non-hydrogen) atoms. The Morgan fingerprint density at radius 3 is 1.92 bits per heavy atom. The summed E-state index contributed by atoms with van der Waals surface area (Å²) in [5.41, 5.74) is -0.0286. The molecule has 0 amide bonds. The third-order valence-electron chi connectivity index (χ3n) is 2.19. The number of nitrogens with zero attached hydrogens (tertiary/aromatic N) is 1. The number of rotatable bonds is 1. The third kappa shape index (κ3) is 1.92. The van der Waals surface area contributed by atoms with E-state index in [1.165, 1.54) is 0 Å². The van der Waals surface area contributed by atoms with Crippen LogP contribution in [0.2, 0.25) is 0 Å². The quantitative estimate of drug-likeness (QED) is 0.458. The van der Waals surface area contributed by atoms with Crippen LogP contribution in [-0.4, -0.2) is 25.4 Å². The number of hydrogen-bond donors (Lipinski definition) is 1. The summed E-state index contributed by atoms with van der Waals surface area (Å²) in [6, 6.07) is 0. The van der Waals surface area contributed by atoms with Gasteiger partial charge in [-0.1, -0.05) is 31.9 Å². The lowest BCUT2D eigenvalue weighted by atomic mass is 10.0. The largest absolute Gasteiger partial charge is 0.622 e. The van der Waals surface area contributed by atoms with E-state index < -0.39 is 5.66 Å². The lowest BCUT2D eigenvalue weighted by Crippen LogP contribution is -2.50. The Labute approximate surface area is 95.4 Å². The molecule has 3 nitrogen and oxygen atoms in total. The highest BCUT2D eigenvalue weighted by atomic mass is 79.9. The minimum atomic E-state index is -0.529. The molecule has 0 unspecified atom stereocenters. The molecule has 1 N–H and O–H groups in total. The average Bonchev–Trinajstić information content (AvgIpc) is 1.96. The van der Waals surface area contributed by atoms with Crippen LogP contribution in [0.4, 0.5) is 0 Å². The van der Waals surface area contributed by atoms with Gasteiger partial charge in [0.25, 0.3) is 0 Å². The summed E-state index contributed by atoms with van der Waals surface area (Å²) < 4.78 is 0.947. The van der Waals surface area contributed by atoms with Gasteiger partial charge in [0.2, 0.25) is 11.4 Å². The Kier molecular flexibility index (Phi) is 2.83. The Bertz CT molecular complexity index is 259. The van der Waals surface area contributed by atoms with Crippen LogP contribution in [0.5, 0.6) is 0 Å². The Hall–Kier alpha value is 0.390. The van der Waals surface area contributed by atoms with Crippen LogP contribution in [0, 0.1) is 5.21 Å². The molecule has 0 fully saturated rings. The first-order valence-corrected chi connectivity index (χ1v) is 5.94. The Balaban J connectivity index is 3.18. The zero-order valence-corrected chi connectivity index (χ0v) is 11.4. The molecule has 0 atom stereocenters. The van der Waals surface area contributed by atoms with Gasteiger partial charge < -0.3 is 5.21 Å². The number of halogens is 2. The van der Waals surface area contributed by atoms with Gasteiger partial charge >= 0.3 is 0 Å². The van der Waals surface area contributed by atoms with E-state index in [1.807, 2.05) is 27.7 Å². The summed E-state index contributed by atoms with van der Waals surface area (Å²) in [6.45, 7) is 7.74. The van der Waals surface area contributed by atoms with E-state index in [4.69, 9.17) is 0 Å². The van der Waals surface area contributed by atoms with Gasteiger partial charge in [-0.3, -0.25) is 0 Å². The first-order valence-electron chi connectivity index (χ1n) is 4.10. The standard InChI is InChI=1S/C8H14Br2N2O/c1-7(2)5(6(9)10)12(13)8(3,4)11-7/h6,11H,1-4H3. The highest BCUT2D eigenvalue weighted by molar-refractivity contribution is 9.25. The smallest absolute Gasteiger partial charge is 0.222 e. The lowest BCUT2D eigenvalue weighted by molar-refractivity contribution is -0.537. The summed E-state index contributed by atoms with van der Waals surface area (Å²) in [5.74, 6) is 0. The van der Waals surface area contributed by atoms with Gasteiger partial charge in [-0.15, -0.1) is 0 Å². The molecule has 76 valence electrons. The van der Waals surface area contributed by atoms with Crippen LogP contribution in [0.3, 0.4) is 0 Å². The monoisotopic (exact) mass is 312 g/mol. The van der Waals surface area contributed by atoms with Crippen LogP contribution in [0.15, 0.2) is 0 Å². The summed E-state index contributed by atoms with van der Waals surface area (Å²) >= 11 is 6.73. The predicted molar refractivity (Wildman–Crippen MR) is 61.6 cm³/mol. The van der Waals surface area contributed by atoms with E-state index in [0.29, 0.717) is 0 Å². The lowest BCUT2D eigenvalue weighted by Gasteiger charge is -2.21. The van der Waals surface area contributed by atoms with E-state index in [0.717, 1.165) is 10.5 Å². The fraction of sp³-hybridized carbons (Fsp3) is 0.875. The predicted octanol–water partition coefficient (Wildman–Crippen LogP) is 2.17. The van der Waals surface area contributed by atoms with Crippen molar-refractivity contribution in [3.8, 4) is 0 Å². The SMILES string of the molecule is CC1(C)NC(C)(C)[N+]([O-])=C1C(Br)Br. The molecule has 5 heteroatoms. The van der Waals surface area contributed by atoms with Crippen molar-refractivity contribution in [3.05, 3.63) is 5.21 Å². The molecule has 1 aliphatic rings. The molecule has 0 aromatic rings. The number of nitrogens with one attached hydrogen (secondary N) is 1. The molecule has 0 aliphatic carbocycles. The summed E-state index contributed by atoms with van der Waals surface area (Å²) in [5, 5.41) is 15.1. The summed E-state index contributed by atoms with van der Waals surface area (Å²) in [4.78, 5) is 0. The fourth-order valence-corrected chi connectivity index (χ4v) is 3.31. The van der Waals surface area contributed by atoms with Crippen molar-refractivity contribution < 1.29 is 4.74 Å². The van der Waals surface area contributed by atoms with Crippen LogP contribution < -0.4 is 5.32 Å².